The summed E-state index contributed by atoms with van der Waals surface area (Å²) in [5.74, 6) is 0.303. The Kier molecular flexibility index (Phi) is 4.67. The second kappa shape index (κ2) is 6.47. The van der Waals surface area contributed by atoms with Crippen LogP contribution in [0.2, 0.25) is 0 Å². The zero-order chi connectivity index (χ0) is 15.4. The number of nitrogens with two attached hydrogens (primary N) is 1. The van der Waals surface area contributed by atoms with E-state index in [4.69, 9.17) is 15.2 Å². The molecule has 0 radical (unpaired) electrons. The SMILES string of the molecule is CC(C)N1C[C@@H](COc2ccc(CC(N)=O)cc2)OC1=O. The second-order valence-electron chi connectivity index (χ2n) is 5.35. The number of ether oxygens (including phenoxy) is 2. The highest BCUT2D eigenvalue weighted by Gasteiger charge is 2.33. The lowest BCUT2D eigenvalue weighted by Crippen LogP contribution is -2.32. The van der Waals surface area contributed by atoms with Gasteiger partial charge in [0.25, 0.3) is 0 Å². The Balaban J connectivity index is 1.84. The summed E-state index contributed by atoms with van der Waals surface area (Å²) in [6, 6.07) is 7.25. The molecule has 0 unspecified atom stereocenters. The van der Waals surface area contributed by atoms with E-state index in [1.165, 1.54) is 0 Å². The summed E-state index contributed by atoms with van der Waals surface area (Å²) >= 11 is 0. The first-order valence-electron chi connectivity index (χ1n) is 6.93. The van der Waals surface area contributed by atoms with Crippen molar-refractivity contribution in [1.82, 2.24) is 4.90 Å². The average Bonchev–Trinajstić information content (AvgIpc) is 2.79. The lowest BCUT2D eigenvalue weighted by atomic mass is 10.1. The Morgan fingerprint density at radius 3 is 2.62 bits per heavy atom. The molecule has 1 heterocycles. The fraction of sp³-hybridized carbons (Fsp3) is 0.467. The maximum atomic E-state index is 11.6. The average molecular weight is 292 g/mol. The second-order valence-corrected chi connectivity index (χ2v) is 5.35. The number of amides is 2. The van der Waals surface area contributed by atoms with Crippen LogP contribution in [0.1, 0.15) is 19.4 Å². The molecule has 0 aliphatic carbocycles. The van der Waals surface area contributed by atoms with Crippen LogP contribution in [-0.2, 0) is 16.0 Å². The molecule has 1 fully saturated rings. The third-order valence-electron chi connectivity index (χ3n) is 3.26. The number of nitrogens with zero attached hydrogens (tertiary/aromatic N) is 1. The first-order valence-corrected chi connectivity index (χ1v) is 6.93. The van der Waals surface area contributed by atoms with Gasteiger partial charge in [0.2, 0.25) is 5.91 Å². The van der Waals surface area contributed by atoms with Gasteiger partial charge in [0, 0.05) is 6.04 Å². The van der Waals surface area contributed by atoms with Crippen molar-refractivity contribution in [3.63, 3.8) is 0 Å². The van der Waals surface area contributed by atoms with Gasteiger partial charge in [-0.1, -0.05) is 12.1 Å². The van der Waals surface area contributed by atoms with E-state index < -0.39 is 0 Å². The molecule has 1 saturated heterocycles. The summed E-state index contributed by atoms with van der Waals surface area (Å²) in [6.07, 6.45) is -0.343. The summed E-state index contributed by atoms with van der Waals surface area (Å²) in [4.78, 5) is 24.1. The number of carbonyl (C=O) groups is 2. The van der Waals surface area contributed by atoms with E-state index in [9.17, 15) is 9.59 Å². The van der Waals surface area contributed by atoms with Crippen molar-refractivity contribution >= 4 is 12.0 Å². The Labute approximate surface area is 123 Å². The van der Waals surface area contributed by atoms with Gasteiger partial charge < -0.3 is 20.1 Å². The van der Waals surface area contributed by atoms with Crippen LogP contribution in [0.5, 0.6) is 5.75 Å². The van der Waals surface area contributed by atoms with Crippen LogP contribution in [0.15, 0.2) is 24.3 Å². The Hall–Kier alpha value is -2.24. The van der Waals surface area contributed by atoms with Crippen molar-refractivity contribution in [3.8, 4) is 5.75 Å². The maximum Gasteiger partial charge on any atom is 0.410 e. The van der Waals surface area contributed by atoms with Crippen LogP contribution in [0.25, 0.3) is 0 Å². The van der Waals surface area contributed by atoms with Crippen LogP contribution in [0, 0.1) is 0 Å². The summed E-state index contributed by atoms with van der Waals surface area (Å²) < 4.78 is 10.8. The standard InChI is InChI=1S/C15H20N2O4/c1-10(2)17-8-13(21-15(17)19)9-20-12-5-3-11(4-6-12)7-14(16)18/h3-6,10,13H,7-9H2,1-2H3,(H2,16,18)/t13-/m0/s1. The monoisotopic (exact) mass is 292 g/mol. The highest BCUT2D eigenvalue weighted by Crippen LogP contribution is 2.17. The lowest BCUT2D eigenvalue weighted by Gasteiger charge is -2.16. The van der Waals surface area contributed by atoms with E-state index in [2.05, 4.69) is 0 Å². The molecule has 6 nitrogen and oxygen atoms in total. The van der Waals surface area contributed by atoms with Crippen LogP contribution >= 0.6 is 0 Å². The molecule has 2 N–H and O–H groups in total. The topological polar surface area (TPSA) is 81.9 Å². The smallest absolute Gasteiger partial charge is 0.410 e. The van der Waals surface area contributed by atoms with Crippen LogP contribution < -0.4 is 10.5 Å². The van der Waals surface area contributed by atoms with E-state index in [1.54, 1.807) is 29.2 Å². The van der Waals surface area contributed by atoms with Crippen molar-refractivity contribution in [1.29, 1.82) is 0 Å². The molecule has 0 aromatic heterocycles. The molecule has 1 atom stereocenters. The lowest BCUT2D eigenvalue weighted by molar-refractivity contribution is -0.117. The van der Waals surface area contributed by atoms with Gasteiger partial charge in [-0.2, -0.15) is 0 Å². The highest BCUT2D eigenvalue weighted by molar-refractivity contribution is 5.76. The fourth-order valence-electron chi connectivity index (χ4n) is 2.14. The first kappa shape index (κ1) is 15.2. The number of rotatable bonds is 6. The van der Waals surface area contributed by atoms with Crippen molar-refractivity contribution < 1.29 is 19.1 Å². The molecule has 1 aliphatic rings. The van der Waals surface area contributed by atoms with Crippen molar-refractivity contribution in [2.45, 2.75) is 32.4 Å². The molecule has 114 valence electrons. The maximum absolute atomic E-state index is 11.6. The molecule has 2 amide bonds. The molecule has 0 bridgehead atoms. The van der Waals surface area contributed by atoms with Gasteiger partial charge in [0.05, 0.1) is 13.0 Å². The third kappa shape index (κ3) is 4.11. The fourth-order valence-corrected chi connectivity index (χ4v) is 2.14. The number of primary amides is 1. The normalized spacial score (nSPS) is 18.0. The number of benzene rings is 1. The molecular formula is C15H20N2O4. The Morgan fingerprint density at radius 1 is 1.43 bits per heavy atom. The molecule has 0 spiro atoms. The first-order chi connectivity index (χ1) is 9.95. The van der Waals surface area contributed by atoms with Crippen LogP contribution in [0.3, 0.4) is 0 Å². The zero-order valence-corrected chi connectivity index (χ0v) is 12.2. The molecule has 21 heavy (non-hydrogen) atoms. The van der Waals surface area contributed by atoms with Crippen LogP contribution in [-0.4, -0.2) is 42.2 Å². The third-order valence-corrected chi connectivity index (χ3v) is 3.26. The van der Waals surface area contributed by atoms with Crippen LogP contribution in [0.4, 0.5) is 4.79 Å². The van der Waals surface area contributed by atoms with E-state index in [1.807, 2.05) is 13.8 Å². The number of cyclic esters (lactones) is 1. The summed E-state index contributed by atoms with van der Waals surface area (Å²) in [6.45, 7) is 4.74. The molecule has 1 aromatic rings. The molecule has 1 aliphatic heterocycles. The minimum Gasteiger partial charge on any atom is -0.490 e. The predicted octanol–water partition coefficient (Wildman–Crippen LogP) is 1.32. The Morgan fingerprint density at radius 2 is 2.10 bits per heavy atom. The van der Waals surface area contributed by atoms with Gasteiger partial charge in [-0.15, -0.1) is 0 Å². The van der Waals surface area contributed by atoms with Gasteiger partial charge in [0.15, 0.2) is 6.10 Å². The van der Waals surface area contributed by atoms with Gasteiger partial charge in [-0.05, 0) is 31.5 Å². The Bertz CT molecular complexity index is 513. The van der Waals surface area contributed by atoms with E-state index in [-0.39, 0.29) is 30.6 Å². The van der Waals surface area contributed by atoms with E-state index >= 15 is 0 Å². The number of carbonyl (C=O) groups excluding carboxylic acids is 2. The minimum atomic E-state index is -0.365. The highest BCUT2D eigenvalue weighted by atomic mass is 16.6. The van der Waals surface area contributed by atoms with E-state index in [0.717, 1.165) is 5.56 Å². The van der Waals surface area contributed by atoms with Gasteiger partial charge in [-0.25, -0.2) is 4.79 Å². The quantitative estimate of drug-likeness (QED) is 0.857. The van der Waals surface area contributed by atoms with Crippen molar-refractivity contribution in [2.24, 2.45) is 5.73 Å². The number of hydrogen-bond acceptors (Lipinski definition) is 4. The minimum absolute atomic E-state index is 0.121. The molecule has 6 heteroatoms. The van der Waals surface area contributed by atoms with Gasteiger partial charge >= 0.3 is 6.09 Å². The molecule has 2 rings (SSSR count). The summed E-state index contributed by atoms with van der Waals surface area (Å²) in [7, 11) is 0. The zero-order valence-electron chi connectivity index (χ0n) is 12.2. The van der Waals surface area contributed by atoms with Crippen molar-refractivity contribution in [3.05, 3.63) is 29.8 Å². The predicted molar refractivity (Wildman–Crippen MR) is 76.9 cm³/mol. The van der Waals surface area contributed by atoms with E-state index in [0.29, 0.717) is 18.9 Å². The summed E-state index contributed by atoms with van der Waals surface area (Å²) in [5.41, 5.74) is 5.97. The number of hydrogen-bond donors (Lipinski definition) is 1. The molecule has 0 saturated carbocycles. The molecular weight excluding hydrogens is 272 g/mol. The largest absolute Gasteiger partial charge is 0.490 e. The summed E-state index contributed by atoms with van der Waals surface area (Å²) in [5, 5.41) is 0. The molecule has 1 aromatic carbocycles. The van der Waals surface area contributed by atoms with Gasteiger partial charge in [-0.3, -0.25) is 4.79 Å². The van der Waals surface area contributed by atoms with Gasteiger partial charge in [0.1, 0.15) is 12.4 Å². The van der Waals surface area contributed by atoms with Crippen molar-refractivity contribution in [2.75, 3.05) is 13.2 Å².